The van der Waals surface area contributed by atoms with Crippen LogP contribution in [0.25, 0.3) is 0 Å². The van der Waals surface area contributed by atoms with Crippen LogP contribution in [0.5, 0.6) is 0 Å². The van der Waals surface area contributed by atoms with Crippen molar-refractivity contribution in [1.82, 2.24) is 15.5 Å². The lowest BCUT2D eigenvalue weighted by Gasteiger charge is -2.45. The summed E-state index contributed by atoms with van der Waals surface area (Å²) in [5, 5.41) is 6.43. The normalized spacial score (nSPS) is 20.5. The fraction of sp³-hybridized carbons (Fsp3) is 0.895. The second-order valence-corrected chi connectivity index (χ2v) is 9.82. The van der Waals surface area contributed by atoms with Crippen LogP contribution in [-0.2, 0) is 4.79 Å². The van der Waals surface area contributed by atoms with Gasteiger partial charge in [0.1, 0.15) is 0 Å². The van der Waals surface area contributed by atoms with E-state index in [1.807, 2.05) is 20.8 Å². The van der Waals surface area contributed by atoms with Gasteiger partial charge in [-0.15, -0.1) is 24.0 Å². The van der Waals surface area contributed by atoms with Gasteiger partial charge in [-0.05, 0) is 19.8 Å². The topological polar surface area (TPSA) is 56.7 Å². The van der Waals surface area contributed by atoms with E-state index >= 15 is 0 Å². The molecule has 1 spiro atoms. The Morgan fingerprint density at radius 2 is 1.88 bits per heavy atom. The third-order valence-corrected chi connectivity index (χ3v) is 6.52. The van der Waals surface area contributed by atoms with Gasteiger partial charge in [0.15, 0.2) is 5.96 Å². The summed E-state index contributed by atoms with van der Waals surface area (Å²) in [5.41, 5.74) is -0.342. The smallest absolute Gasteiger partial charge is 0.225 e. The number of halogens is 1. The van der Waals surface area contributed by atoms with Crippen LogP contribution in [0.3, 0.4) is 0 Å². The number of guanidine groups is 1. The van der Waals surface area contributed by atoms with Gasteiger partial charge in [0.2, 0.25) is 5.91 Å². The molecule has 7 heteroatoms. The molecule has 1 amide bonds. The summed E-state index contributed by atoms with van der Waals surface area (Å²) in [4.78, 5) is 19.2. The molecular formula is C19H37IN4OS. The summed E-state index contributed by atoms with van der Waals surface area (Å²) in [6, 6.07) is 0. The van der Waals surface area contributed by atoms with Crippen LogP contribution < -0.4 is 10.6 Å². The number of nitrogens with one attached hydrogen (secondary N) is 2. The molecule has 26 heavy (non-hydrogen) atoms. The van der Waals surface area contributed by atoms with E-state index in [0.717, 1.165) is 25.6 Å². The molecule has 1 saturated heterocycles. The highest BCUT2D eigenvalue weighted by molar-refractivity contribution is 14.0. The van der Waals surface area contributed by atoms with Crippen molar-refractivity contribution in [3.8, 4) is 0 Å². The summed E-state index contributed by atoms with van der Waals surface area (Å²) >= 11 is 2.18. The number of nitrogens with zero attached hydrogens (tertiary/aromatic N) is 2. The van der Waals surface area contributed by atoms with Gasteiger partial charge < -0.3 is 15.5 Å². The van der Waals surface area contributed by atoms with Crippen molar-refractivity contribution in [3.05, 3.63) is 0 Å². The first-order valence-electron chi connectivity index (χ1n) is 9.82. The predicted octanol–water partition coefficient (Wildman–Crippen LogP) is 3.48. The molecule has 2 fully saturated rings. The average Bonchev–Trinajstić information content (AvgIpc) is 2.57. The standard InChI is InChI=1S/C19H36N4OS.HI/c1-5-20-17(22-12-11-21-16(24)18(2,3)4)23-13-14-25-19(15-23)9-7-6-8-10-19;/h5-15H2,1-4H3,(H,20,22)(H,21,24);1H. The van der Waals surface area contributed by atoms with E-state index in [4.69, 9.17) is 4.99 Å². The van der Waals surface area contributed by atoms with Gasteiger partial charge in [-0.3, -0.25) is 9.79 Å². The second kappa shape index (κ2) is 11.0. The van der Waals surface area contributed by atoms with Crippen molar-refractivity contribution in [2.45, 2.75) is 64.5 Å². The van der Waals surface area contributed by atoms with E-state index in [9.17, 15) is 4.79 Å². The van der Waals surface area contributed by atoms with Gasteiger partial charge in [-0.2, -0.15) is 11.8 Å². The lowest BCUT2D eigenvalue weighted by molar-refractivity contribution is -0.128. The maximum absolute atomic E-state index is 12.0. The minimum Gasteiger partial charge on any atom is -0.357 e. The fourth-order valence-corrected chi connectivity index (χ4v) is 5.12. The molecule has 0 unspecified atom stereocenters. The first-order valence-corrected chi connectivity index (χ1v) is 10.8. The summed E-state index contributed by atoms with van der Waals surface area (Å²) in [7, 11) is 0. The quantitative estimate of drug-likeness (QED) is 0.271. The van der Waals surface area contributed by atoms with Crippen LogP contribution in [-0.4, -0.2) is 60.0 Å². The predicted molar refractivity (Wildman–Crippen MR) is 124 cm³/mol. The van der Waals surface area contributed by atoms with E-state index < -0.39 is 0 Å². The van der Waals surface area contributed by atoms with Crippen LogP contribution in [0.4, 0.5) is 0 Å². The summed E-state index contributed by atoms with van der Waals surface area (Å²) < 4.78 is 0.438. The zero-order chi connectivity index (χ0) is 18.3. The summed E-state index contributed by atoms with van der Waals surface area (Å²) in [5.74, 6) is 2.28. The van der Waals surface area contributed by atoms with Crippen molar-refractivity contribution in [2.24, 2.45) is 10.4 Å². The van der Waals surface area contributed by atoms with Crippen LogP contribution in [0, 0.1) is 5.41 Å². The zero-order valence-corrected chi connectivity index (χ0v) is 20.0. The minimum absolute atomic E-state index is 0. The van der Waals surface area contributed by atoms with Crippen molar-refractivity contribution in [2.75, 3.05) is 38.5 Å². The minimum atomic E-state index is -0.342. The Labute approximate surface area is 180 Å². The van der Waals surface area contributed by atoms with E-state index in [-0.39, 0.29) is 35.3 Å². The highest BCUT2D eigenvalue weighted by Gasteiger charge is 2.38. The fourth-order valence-electron chi connectivity index (χ4n) is 3.55. The number of hydrogen-bond acceptors (Lipinski definition) is 3. The highest BCUT2D eigenvalue weighted by atomic mass is 127. The Morgan fingerprint density at radius 1 is 1.19 bits per heavy atom. The number of aliphatic imine (C=N–C) groups is 1. The maximum atomic E-state index is 12.0. The van der Waals surface area contributed by atoms with Gasteiger partial charge in [0, 0.05) is 42.1 Å². The number of thioether (sulfide) groups is 1. The van der Waals surface area contributed by atoms with E-state index in [0.29, 0.717) is 17.8 Å². The SMILES string of the molecule is CCNC(=NCCNC(=O)C(C)(C)C)N1CCSC2(CCCCC2)C1.I. The van der Waals surface area contributed by atoms with Gasteiger partial charge in [0.05, 0.1) is 6.54 Å². The first kappa shape index (κ1) is 23.9. The molecule has 1 saturated carbocycles. The third-order valence-electron chi connectivity index (χ3n) is 4.99. The summed E-state index contributed by atoms with van der Waals surface area (Å²) in [6.07, 6.45) is 6.81. The van der Waals surface area contributed by atoms with Crippen LogP contribution in [0.2, 0.25) is 0 Å². The molecule has 2 N–H and O–H groups in total. The molecule has 0 aromatic rings. The number of carbonyl (C=O) groups excluding carboxylic acids is 1. The number of carbonyl (C=O) groups is 1. The molecule has 0 radical (unpaired) electrons. The van der Waals surface area contributed by atoms with E-state index in [1.165, 1.54) is 37.9 Å². The molecule has 0 aromatic carbocycles. The largest absolute Gasteiger partial charge is 0.357 e. The van der Waals surface area contributed by atoms with Crippen LogP contribution in [0.1, 0.15) is 59.8 Å². The Hall–Kier alpha value is -0.180. The lowest BCUT2D eigenvalue weighted by Crippen LogP contribution is -2.53. The summed E-state index contributed by atoms with van der Waals surface area (Å²) in [6.45, 7) is 12.2. The first-order chi connectivity index (χ1) is 11.9. The Bertz CT molecular complexity index is 467. The van der Waals surface area contributed by atoms with Crippen molar-refractivity contribution >= 4 is 47.6 Å². The van der Waals surface area contributed by atoms with Crippen molar-refractivity contribution in [3.63, 3.8) is 0 Å². The van der Waals surface area contributed by atoms with Crippen LogP contribution >= 0.6 is 35.7 Å². The van der Waals surface area contributed by atoms with E-state index in [1.54, 1.807) is 0 Å². The maximum Gasteiger partial charge on any atom is 0.225 e. The molecule has 152 valence electrons. The Balaban J connectivity index is 0.00000338. The third kappa shape index (κ3) is 7.09. The van der Waals surface area contributed by atoms with Gasteiger partial charge in [-0.25, -0.2) is 0 Å². The van der Waals surface area contributed by atoms with Gasteiger partial charge >= 0.3 is 0 Å². The monoisotopic (exact) mass is 496 g/mol. The van der Waals surface area contributed by atoms with Gasteiger partial charge in [0.25, 0.3) is 0 Å². The molecule has 1 aliphatic heterocycles. The second-order valence-electron chi connectivity index (χ2n) is 8.26. The molecular weight excluding hydrogens is 459 g/mol. The molecule has 2 rings (SSSR count). The van der Waals surface area contributed by atoms with E-state index in [2.05, 4.69) is 34.2 Å². The number of amides is 1. The van der Waals surface area contributed by atoms with Crippen molar-refractivity contribution in [1.29, 1.82) is 0 Å². The van der Waals surface area contributed by atoms with Crippen molar-refractivity contribution < 1.29 is 4.79 Å². The molecule has 2 aliphatic rings. The molecule has 0 bridgehead atoms. The molecule has 1 aliphatic carbocycles. The molecule has 0 aromatic heterocycles. The Morgan fingerprint density at radius 3 is 2.50 bits per heavy atom. The molecule has 1 heterocycles. The zero-order valence-electron chi connectivity index (χ0n) is 16.9. The van der Waals surface area contributed by atoms with Gasteiger partial charge in [-0.1, -0.05) is 40.0 Å². The van der Waals surface area contributed by atoms with Crippen LogP contribution in [0.15, 0.2) is 4.99 Å². The molecule has 5 nitrogen and oxygen atoms in total. The number of rotatable bonds is 4. The highest BCUT2D eigenvalue weighted by Crippen LogP contribution is 2.42. The lowest BCUT2D eigenvalue weighted by atomic mass is 9.87. The molecule has 0 atom stereocenters. The Kier molecular flexibility index (Phi) is 10.1. The average molecular weight is 497 g/mol. The number of hydrogen-bond donors (Lipinski definition) is 2.